The fraction of sp³-hybridized carbons (Fsp3) is 0.355. The summed E-state index contributed by atoms with van der Waals surface area (Å²) in [5.41, 5.74) is 3.08. The van der Waals surface area contributed by atoms with E-state index in [-0.39, 0.29) is 25.5 Å². The van der Waals surface area contributed by atoms with Crippen LogP contribution in [-0.2, 0) is 17.8 Å². The first-order chi connectivity index (χ1) is 21.1. The number of amides is 1. The molecule has 1 fully saturated rings. The Morgan fingerprint density at radius 1 is 0.930 bits per heavy atom. The van der Waals surface area contributed by atoms with E-state index in [1.165, 1.54) is 0 Å². The van der Waals surface area contributed by atoms with Crippen molar-refractivity contribution in [3.8, 4) is 28.9 Å². The number of carbonyl (C=O) groups excluding carboxylic acids is 1. The van der Waals surface area contributed by atoms with E-state index in [4.69, 9.17) is 23.9 Å². The number of nitrogens with one attached hydrogen (secondary N) is 1. The van der Waals surface area contributed by atoms with Crippen LogP contribution >= 0.6 is 0 Å². The van der Waals surface area contributed by atoms with Crippen LogP contribution < -0.4 is 29.2 Å². The van der Waals surface area contributed by atoms with Gasteiger partial charge in [-0.05, 0) is 48.7 Å². The molecule has 12 heteroatoms. The van der Waals surface area contributed by atoms with Crippen molar-refractivity contribution in [2.45, 2.75) is 32.4 Å². The largest absolute Gasteiger partial charge is 0.454 e. The molecule has 0 spiro atoms. The second kappa shape index (κ2) is 11.8. The van der Waals surface area contributed by atoms with Crippen LogP contribution in [0.25, 0.3) is 5.95 Å². The summed E-state index contributed by atoms with van der Waals surface area (Å²) in [7, 11) is 0. The maximum absolute atomic E-state index is 13.3. The van der Waals surface area contributed by atoms with E-state index in [0.717, 1.165) is 65.3 Å². The SMILES string of the molecule is Cc1cc(N2CCN(Cc3ccc4c(c3)OCO4)CC2CC(=O)NCCc2ccc3c(c2)OCO3)nc(-n2ccnc2)n1. The van der Waals surface area contributed by atoms with Gasteiger partial charge in [-0.25, -0.2) is 9.97 Å². The first-order valence-corrected chi connectivity index (χ1v) is 14.4. The summed E-state index contributed by atoms with van der Waals surface area (Å²) in [6.07, 6.45) is 6.26. The Hall–Kier alpha value is -4.84. The average Bonchev–Trinajstić information content (AvgIpc) is 3.79. The zero-order valence-corrected chi connectivity index (χ0v) is 23.9. The Morgan fingerprint density at radius 2 is 1.67 bits per heavy atom. The Labute approximate surface area is 249 Å². The molecule has 5 heterocycles. The van der Waals surface area contributed by atoms with Gasteiger partial charge in [-0.2, -0.15) is 4.98 Å². The van der Waals surface area contributed by atoms with Crippen molar-refractivity contribution in [2.24, 2.45) is 0 Å². The highest BCUT2D eigenvalue weighted by Crippen LogP contribution is 2.34. The van der Waals surface area contributed by atoms with Crippen molar-refractivity contribution in [1.82, 2.24) is 29.7 Å². The lowest BCUT2D eigenvalue weighted by Crippen LogP contribution is -2.54. The van der Waals surface area contributed by atoms with Crippen molar-refractivity contribution in [3.63, 3.8) is 0 Å². The number of aromatic nitrogens is 4. The summed E-state index contributed by atoms with van der Waals surface area (Å²) in [4.78, 5) is 31.5. The molecule has 7 rings (SSSR count). The van der Waals surface area contributed by atoms with E-state index in [0.29, 0.717) is 31.9 Å². The van der Waals surface area contributed by atoms with Crippen molar-refractivity contribution in [2.75, 3.05) is 44.7 Å². The maximum Gasteiger partial charge on any atom is 0.237 e. The van der Waals surface area contributed by atoms with Crippen LogP contribution in [0.15, 0.2) is 61.2 Å². The molecule has 1 N–H and O–H groups in total. The number of rotatable bonds is 9. The first kappa shape index (κ1) is 27.0. The van der Waals surface area contributed by atoms with Crippen LogP contribution in [0.1, 0.15) is 23.2 Å². The van der Waals surface area contributed by atoms with Gasteiger partial charge in [0.15, 0.2) is 23.0 Å². The molecule has 2 aromatic carbocycles. The number of hydrogen-bond acceptors (Lipinski definition) is 10. The van der Waals surface area contributed by atoms with E-state index in [1.807, 2.05) is 49.5 Å². The number of carbonyl (C=O) groups is 1. The molecule has 1 unspecified atom stereocenters. The predicted molar refractivity (Wildman–Crippen MR) is 157 cm³/mol. The fourth-order valence-electron chi connectivity index (χ4n) is 5.74. The summed E-state index contributed by atoms with van der Waals surface area (Å²) in [6.45, 7) is 5.98. The minimum Gasteiger partial charge on any atom is -0.454 e. The minimum absolute atomic E-state index is 0.00119. The number of aryl methyl sites for hydroxylation is 1. The topological polar surface area (TPSA) is 116 Å². The number of nitrogens with zero attached hydrogens (tertiary/aromatic N) is 6. The fourth-order valence-corrected chi connectivity index (χ4v) is 5.74. The molecule has 4 aromatic rings. The third-order valence-corrected chi connectivity index (χ3v) is 7.86. The van der Waals surface area contributed by atoms with Crippen LogP contribution in [-0.4, -0.2) is 76.1 Å². The molecule has 1 atom stereocenters. The van der Waals surface area contributed by atoms with E-state index < -0.39 is 0 Å². The van der Waals surface area contributed by atoms with Gasteiger partial charge in [0.1, 0.15) is 12.1 Å². The molecule has 3 aliphatic heterocycles. The lowest BCUT2D eigenvalue weighted by Gasteiger charge is -2.42. The lowest BCUT2D eigenvalue weighted by atomic mass is 10.1. The Balaban J connectivity index is 1.06. The number of hydrogen-bond donors (Lipinski definition) is 1. The van der Waals surface area contributed by atoms with Gasteiger partial charge in [-0.3, -0.25) is 14.3 Å². The molecule has 1 saturated heterocycles. The number of imidazole rings is 1. The third kappa shape index (κ3) is 6.05. The molecular formula is C31H33N7O5. The van der Waals surface area contributed by atoms with Crippen LogP contribution in [0.4, 0.5) is 5.82 Å². The number of ether oxygens (including phenoxy) is 4. The quantitative estimate of drug-likeness (QED) is 0.315. The third-order valence-electron chi connectivity index (χ3n) is 7.86. The average molecular weight is 584 g/mol. The summed E-state index contributed by atoms with van der Waals surface area (Å²) >= 11 is 0. The zero-order chi connectivity index (χ0) is 29.2. The Morgan fingerprint density at radius 3 is 2.44 bits per heavy atom. The van der Waals surface area contributed by atoms with E-state index >= 15 is 0 Å². The van der Waals surface area contributed by atoms with Gasteiger partial charge in [-0.15, -0.1) is 0 Å². The van der Waals surface area contributed by atoms with Crippen LogP contribution in [0.2, 0.25) is 0 Å². The summed E-state index contributed by atoms with van der Waals surface area (Å²) in [5, 5.41) is 3.12. The second-order valence-electron chi connectivity index (χ2n) is 10.9. The molecule has 1 amide bonds. The van der Waals surface area contributed by atoms with Crippen molar-refractivity contribution < 1.29 is 23.7 Å². The van der Waals surface area contributed by atoms with Gasteiger partial charge >= 0.3 is 0 Å². The zero-order valence-electron chi connectivity index (χ0n) is 23.9. The predicted octanol–water partition coefficient (Wildman–Crippen LogP) is 2.87. The molecule has 43 heavy (non-hydrogen) atoms. The molecule has 0 aliphatic carbocycles. The van der Waals surface area contributed by atoms with Crippen molar-refractivity contribution >= 4 is 11.7 Å². The van der Waals surface area contributed by atoms with Gasteiger partial charge < -0.3 is 29.2 Å². The highest BCUT2D eigenvalue weighted by atomic mass is 16.7. The van der Waals surface area contributed by atoms with E-state index in [9.17, 15) is 4.79 Å². The van der Waals surface area contributed by atoms with Gasteiger partial charge in [0.25, 0.3) is 0 Å². The summed E-state index contributed by atoms with van der Waals surface area (Å²) in [6, 6.07) is 13.9. The maximum atomic E-state index is 13.3. The smallest absolute Gasteiger partial charge is 0.237 e. The molecule has 0 radical (unpaired) electrons. The number of anilines is 1. The van der Waals surface area contributed by atoms with Crippen LogP contribution in [0.5, 0.6) is 23.0 Å². The first-order valence-electron chi connectivity index (χ1n) is 14.4. The highest BCUT2D eigenvalue weighted by Gasteiger charge is 2.31. The van der Waals surface area contributed by atoms with Gasteiger partial charge in [-0.1, -0.05) is 12.1 Å². The van der Waals surface area contributed by atoms with Gasteiger partial charge in [0, 0.05) is 63.3 Å². The monoisotopic (exact) mass is 583 g/mol. The molecule has 222 valence electrons. The van der Waals surface area contributed by atoms with Gasteiger partial charge in [0.05, 0.1) is 6.04 Å². The van der Waals surface area contributed by atoms with Crippen LogP contribution in [0.3, 0.4) is 0 Å². The highest BCUT2D eigenvalue weighted by molar-refractivity contribution is 5.77. The van der Waals surface area contributed by atoms with Crippen molar-refractivity contribution in [3.05, 3.63) is 78.0 Å². The molecular weight excluding hydrogens is 550 g/mol. The number of piperazine rings is 1. The number of benzene rings is 2. The van der Waals surface area contributed by atoms with Crippen molar-refractivity contribution in [1.29, 1.82) is 0 Å². The lowest BCUT2D eigenvalue weighted by molar-refractivity contribution is -0.121. The van der Waals surface area contributed by atoms with Crippen LogP contribution in [0, 0.1) is 6.92 Å². The standard InChI is InChI=1S/C31H33N7O5/c1-21-12-29(35-31(34-21)37-9-8-32-18-37)38-11-10-36(16-23-3-5-26-28(14-23)43-20-41-26)17-24(38)15-30(39)33-7-6-22-2-4-25-27(13-22)42-19-40-25/h2-5,8-9,12-14,18,24H,6-7,10-11,15-17,19-20H2,1H3,(H,33,39). The molecule has 3 aliphatic rings. The molecule has 0 saturated carbocycles. The summed E-state index contributed by atoms with van der Waals surface area (Å²) in [5.74, 6) is 4.42. The molecule has 2 aromatic heterocycles. The van der Waals surface area contributed by atoms with E-state index in [2.05, 4.69) is 31.2 Å². The number of fused-ring (bicyclic) bond motifs is 2. The minimum atomic E-state index is -0.0850. The normalized spacial score (nSPS) is 17.3. The Kier molecular flexibility index (Phi) is 7.42. The molecule has 12 nitrogen and oxygen atoms in total. The Bertz CT molecular complexity index is 1610. The van der Waals surface area contributed by atoms with Gasteiger partial charge in [0.2, 0.25) is 25.4 Å². The summed E-state index contributed by atoms with van der Waals surface area (Å²) < 4.78 is 23.7. The van der Waals surface area contributed by atoms with E-state index in [1.54, 1.807) is 17.1 Å². The molecule has 0 bridgehead atoms. The second-order valence-corrected chi connectivity index (χ2v) is 10.9.